The topological polar surface area (TPSA) is 41.1 Å². The molecule has 3 rings (SSSR count). The van der Waals surface area contributed by atoms with Gasteiger partial charge in [0, 0.05) is 11.6 Å². The fourth-order valence-electron chi connectivity index (χ4n) is 3.68. The molecule has 0 aromatic heterocycles. The highest BCUT2D eigenvalue weighted by atomic mass is 35.5. The molecule has 2 aliphatic rings. The summed E-state index contributed by atoms with van der Waals surface area (Å²) in [4.78, 5) is 12.4. The van der Waals surface area contributed by atoms with Gasteiger partial charge in [-0.05, 0) is 68.8 Å². The van der Waals surface area contributed by atoms with Crippen molar-refractivity contribution in [3.8, 4) is 0 Å². The highest BCUT2D eigenvalue weighted by molar-refractivity contribution is 5.95. The lowest BCUT2D eigenvalue weighted by atomic mass is 9.88. The van der Waals surface area contributed by atoms with Gasteiger partial charge in [-0.3, -0.25) is 4.79 Å². The van der Waals surface area contributed by atoms with Gasteiger partial charge in [0.25, 0.3) is 5.91 Å². The molecule has 1 saturated carbocycles. The van der Waals surface area contributed by atoms with Crippen molar-refractivity contribution in [2.45, 2.75) is 57.4 Å². The number of benzene rings is 1. The molecule has 1 aliphatic heterocycles. The van der Waals surface area contributed by atoms with Gasteiger partial charge in [0.1, 0.15) is 0 Å². The van der Waals surface area contributed by atoms with Gasteiger partial charge in [-0.2, -0.15) is 0 Å². The first-order chi connectivity index (χ1) is 10.2. The quantitative estimate of drug-likeness (QED) is 0.893. The van der Waals surface area contributed by atoms with Crippen molar-refractivity contribution in [3.05, 3.63) is 34.9 Å². The van der Waals surface area contributed by atoms with Gasteiger partial charge < -0.3 is 10.6 Å². The molecular formula is C18H27ClN2O. The Hall–Kier alpha value is -1.06. The third-order valence-corrected chi connectivity index (χ3v) is 5.00. The summed E-state index contributed by atoms with van der Waals surface area (Å²) in [5.41, 5.74) is 3.35. The number of aryl methyl sites for hydroxylation is 1. The summed E-state index contributed by atoms with van der Waals surface area (Å²) in [6.07, 6.45) is 7.17. The SMILES string of the molecule is Cc1cc(C2CCNCC2)ccc1C(=O)NC1CCCC1.Cl. The fraction of sp³-hybridized carbons (Fsp3) is 0.611. The second-order valence-electron chi connectivity index (χ2n) is 6.55. The molecular weight excluding hydrogens is 296 g/mol. The van der Waals surface area contributed by atoms with Crippen LogP contribution in [0, 0.1) is 6.92 Å². The Kier molecular flexibility index (Phi) is 6.27. The van der Waals surface area contributed by atoms with E-state index in [1.54, 1.807) is 0 Å². The molecule has 0 spiro atoms. The van der Waals surface area contributed by atoms with Gasteiger partial charge in [-0.25, -0.2) is 0 Å². The Morgan fingerprint density at radius 1 is 1.14 bits per heavy atom. The zero-order valence-corrected chi connectivity index (χ0v) is 14.2. The molecule has 1 aromatic carbocycles. The van der Waals surface area contributed by atoms with Crippen LogP contribution >= 0.6 is 12.4 Å². The number of nitrogens with one attached hydrogen (secondary N) is 2. The minimum atomic E-state index is 0. The lowest BCUT2D eigenvalue weighted by Gasteiger charge is -2.23. The normalized spacial score (nSPS) is 19.7. The van der Waals surface area contributed by atoms with E-state index >= 15 is 0 Å². The lowest BCUT2D eigenvalue weighted by molar-refractivity contribution is 0.0937. The summed E-state index contributed by atoms with van der Waals surface area (Å²) in [7, 11) is 0. The summed E-state index contributed by atoms with van der Waals surface area (Å²) in [6.45, 7) is 4.27. The molecule has 122 valence electrons. The standard InChI is InChI=1S/C18H26N2O.ClH/c1-13-12-15(14-8-10-19-11-9-14)6-7-17(13)18(21)20-16-4-2-3-5-16;/h6-7,12,14,16,19H,2-5,8-11H2,1H3,(H,20,21);1H. The highest BCUT2D eigenvalue weighted by Crippen LogP contribution is 2.27. The minimum Gasteiger partial charge on any atom is -0.349 e. The summed E-state index contributed by atoms with van der Waals surface area (Å²) < 4.78 is 0. The number of halogens is 1. The molecule has 0 bridgehead atoms. The van der Waals surface area contributed by atoms with Crippen LogP contribution in [0.2, 0.25) is 0 Å². The van der Waals surface area contributed by atoms with Crippen LogP contribution in [0.3, 0.4) is 0 Å². The molecule has 4 heteroatoms. The van der Waals surface area contributed by atoms with Gasteiger partial charge in [0.2, 0.25) is 0 Å². The second-order valence-corrected chi connectivity index (χ2v) is 6.55. The Morgan fingerprint density at radius 2 is 1.82 bits per heavy atom. The molecule has 2 N–H and O–H groups in total. The molecule has 1 saturated heterocycles. The molecule has 0 atom stereocenters. The molecule has 2 fully saturated rings. The van der Waals surface area contributed by atoms with E-state index in [0.717, 1.165) is 37.1 Å². The fourth-order valence-corrected chi connectivity index (χ4v) is 3.68. The molecule has 3 nitrogen and oxygen atoms in total. The molecule has 1 aromatic rings. The van der Waals surface area contributed by atoms with Gasteiger partial charge in [-0.1, -0.05) is 25.0 Å². The summed E-state index contributed by atoms with van der Waals surface area (Å²) >= 11 is 0. The number of hydrogen-bond donors (Lipinski definition) is 2. The number of carbonyl (C=O) groups is 1. The van der Waals surface area contributed by atoms with Crippen LogP contribution in [0.5, 0.6) is 0 Å². The summed E-state index contributed by atoms with van der Waals surface area (Å²) in [5.74, 6) is 0.758. The largest absolute Gasteiger partial charge is 0.349 e. The average Bonchev–Trinajstić information content (AvgIpc) is 3.01. The zero-order chi connectivity index (χ0) is 14.7. The van der Waals surface area contributed by atoms with E-state index in [4.69, 9.17) is 0 Å². The van der Waals surface area contributed by atoms with E-state index in [-0.39, 0.29) is 18.3 Å². The van der Waals surface area contributed by atoms with Crippen molar-refractivity contribution in [2.75, 3.05) is 13.1 Å². The van der Waals surface area contributed by atoms with Gasteiger partial charge in [-0.15, -0.1) is 12.4 Å². The van der Waals surface area contributed by atoms with Crippen LogP contribution in [0.15, 0.2) is 18.2 Å². The maximum Gasteiger partial charge on any atom is 0.251 e. The van der Waals surface area contributed by atoms with Crippen LogP contribution in [0.4, 0.5) is 0 Å². The predicted molar refractivity (Wildman–Crippen MR) is 93.0 cm³/mol. The van der Waals surface area contributed by atoms with Gasteiger partial charge >= 0.3 is 0 Å². The first kappa shape index (κ1) is 17.3. The van der Waals surface area contributed by atoms with Crippen molar-refractivity contribution in [1.29, 1.82) is 0 Å². The van der Waals surface area contributed by atoms with Crippen molar-refractivity contribution in [3.63, 3.8) is 0 Å². The smallest absolute Gasteiger partial charge is 0.251 e. The molecule has 1 heterocycles. The zero-order valence-electron chi connectivity index (χ0n) is 13.4. The number of rotatable bonds is 3. The van der Waals surface area contributed by atoms with Gasteiger partial charge in [0.15, 0.2) is 0 Å². The van der Waals surface area contributed by atoms with E-state index < -0.39 is 0 Å². The number of hydrogen-bond acceptors (Lipinski definition) is 2. The van der Waals surface area contributed by atoms with E-state index in [9.17, 15) is 4.79 Å². The maximum absolute atomic E-state index is 12.4. The van der Waals surface area contributed by atoms with Crippen molar-refractivity contribution < 1.29 is 4.79 Å². The van der Waals surface area contributed by atoms with Crippen molar-refractivity contribution >= 4 is 18.3 Å². The van der Waals surface area contributed by atoms with Crippen LogP contribution in [-0.2, 0) is 0 Å². The average molecular weight is 323 g/mol. The highest BCUT2D eigenvalue weighted by Gasteiger charge is 2.20. The van der Waals surface area contributed by atoms with Crippen LogP contribution in [0.25, 0.3) is 0 Å². The summed E-state index contributed by atoms with van der Waals surface area (Å²) in [6, 6.07) is 6.80. The van der Waals surface area contributed by atoms with Crippen LogP contribution in [0.1, 0.15) is 65.9 Å². The summed E-state index contributed by atoms with van der Waals surface area (Å²) in [5, 5.41) is 6.59. The van der Waals surface area contributed by atoms with Crippen LogP contribution in [-0.4, -0.2) is 25.0 Å². The van der Waals surface area contributed by atoms with Crippen LogP contribution < -0.4 is 10.6 Å². The third kappa shape index (κ3) is 4.02. The van der Waals surface area contributed by atoms with E-state index in [1.807, 2.05) is 6.07 Å². The number of carbonyl (C=O) groups excluding carboxylic acids is 1. The first-order valence-corrected chi connectivity index (χ1v) is 8.36. The number of piperidine rings is 1. The third-order valence-electron chi connectivity index (χ3n) is 5.00. The van der Waals surface area contributed by atoms with E-state index in [2.05, 4.69) is 29.7 Å². The van der Waals surface area contributed by atoms with E-state index in [0.29, 0.717) is 12.0 Å². The predicted octanol–water partition coefficient (Wildman–Crippen LogP) is 3.56. The first-order valence-electron chi connectivity index (χ1n) is 8.36. The molecule has 22 heavy (non-hydrogen) atoms. The van der Waals surface area contributed by atoms with Gasteiger partial charge in [0.05, 0.1) is 0 Å². The molecule has 1 aliphatic carbocycles. The molecule has 0 radical (unpaired) electrons. The molecule has 0 unspecified atom stereocenters. The Bertz CT molecular complexity index is 506. The Balaban J connectivity index is 0.00000176. The van der Waals surface area contributed by atoms with Crippen molar-refractivity contribution in [1.82, 2.24) is 10.6 Å². The molecule has 1 amide bonds. The van der Waals surface area contributed by atoms with E-state index in [1.165, 1.54) is 31.2 Å². The second kappa shape index (κ2) is 7.98. The van der Waals surface area contributed by atoms with Crippen molar-refractivity contribution in [2.24, 2.45) is 0 Å². The number of amides is 1. The Morgan fingerprint density at radius 3 is 2.45 bits per heavy atom. The minimum absolute atomic E-state index is 0. The Labute approximate surface area is 139 Å². The maximum atomic E-state index is 12.4. The monoisotopic (exact) mass is 322 g/mol. The lowest BCUT2D eigenvalue weighted by Crippen LogP contribution is -2.33.